The van der Waals surface area contributed by atoms with Gasteiger partial charge in [0.05, 0.1) is 6.10 Å². The van der Waals surface area contributed by atoms with E-state index in [1.165, 1.54) is 11.8 Å². The van der Waals surface area contributed by atoms with Gasteiger partial charge in [-0.1, -0.05) is 13.8 Å². The van der Waals surface area contributed by atoms with Crippen LogP contribution in [0, 0.1) is 5.92 Å². The van der Waals surface area contributed by atoms with Crippen LogP contribution in [-0.2, 0) is 9.53 Å². The molecule has 0 aliphatic rings. The highest BCUT2D eigenvalue weighted by Gasteiger charge is 2.27. The Morgan fingerprint density at radius 3 is 2.16 bits per heavy atom. The van der Waals surface area contributed by atoms with Crippen molar-refractivity contribution in [1.29, 1.82) is 0 Å². The molecule has 6 heteroatoms. The average Bonchev–Trinajstić information content (AvgIpc) is 2.19. The van der Waals surface area contributed by atoms with E-state index < -0.39 is 12.6 Å². The molecule has 0 amide bonds. The molecule has 19 heavy (non-hydrogen) atoms. The quantitative estimate of drug-likeness (QED) is 0.490. The van der Waals surface area contributed by atoms with Gasteiger partial charge in [0.25, 0.3) is 0 Å². The number of esters is 1. The second kappa shape index (κ2) is 8.72. The predicted molar refractivity (Wildman–Crippen MR) is 72.2 cm³/mol. The minimum atomic E-state index is -4.08. The number of ether oxygens (including phenoxy) is 1. The molecule has 1 unspecified atom stereocenters. The Morgan fingerprint density at radius 1 is 1.16 bits per heavy atom. The summed E-state index contributed by atoms with van der Waals surface area (Å²) in [5.41, 5.74) is 0. The number of alkyl halides is 3. The van der Waals surface area contributed by atoms with Crippen LogP contribution in [0.3, 0.4) is 0 Å². The molecule has 0 aromatic heterocycles. The highest BCUT2D eigenvalue weighted by atomic mass is 32.2. The summed E-state index contributed by atoms with van der Waals surface area (Å²) in [7, 11) is 0. The van der Waals surface area contributed by atoms with Gasteiger partial charge in [0.2, 0.25) is 0 Å². The molecule has 0 saturated heterocycles. The number of hydrogen-bond acceptors (Lipinski definition) is 3. The summed E-state index contributed by atoms with van der Waals surface area (Å²) in [5, 5.41) is -0.298. The number of carbonyl (C=O) groups excluding carboxylic acids is 1. The van der Waals surface area contributed by atoms with Crippen molar-refractivity contribution in [1.82, 2.24) is 0 Å². The monoisotopic (exact) mass is 300 g/mol. The summed E-state index contributed by atoms with van der Waals surface area (Å²) in [4.78, 5) is 11.8. The predicted octanol–water partition coefficient (Wildman–Crippen LogP) is 4.43. The van der Waals surface area contributed by atoms with Crippen LogP contribution < -0.4 is 0 Å². The number of carbonyl (C=O) groups is 1. The van der Waals surface area contributed by atoms with Crippen molar-refractivity contribution >= 4 is 17.7 Å². The summed E-state index contributed by atoms with van der Waals surface area (Å²) in [6, 6.07) is 0. The minimum Gasteiger partial charge on any atom is -0.462 e. The van der Waals surface area contributed by atoms with E-state index in [0.717, 1.165) is 0 Å². The lowest BCUT2D eigenvalue weighted by Crippen LogP contribution is -2.28. The van der Waals surface area contributed by atoms with Crippen LogP contribution in [0.4, 0.5) is 13.2 Å². The fourth-order valence-corrected chi connectivity index (χ4v) is 2.67. The molecular formula is C13H23F3O2S. The van der Waals surface area contributed by atoms with Crippen molar-refractivity contribution in [2.45, 2.75) is 64.5 Å². The molecule has 0 bridgehead atoms. The van der Waals surface area contributed by atoms with E-state index in [2.05, 4.69) is 0 Å². The topological polar surface area (TPSA) is 26.3 Å². The van der Waals surface area contributed by atoms with Crippen LogP contribution in [0.25, 0.3) is 0 Å². The van der Waals surface area contributed by atoms with E-state index in [9.17, 15) is 18.0 Å². The molecule has 0 aromatic carbocycles. The van der Waals surface area contributed by atoms with Gasteiger partial charge in [-0.15, -0.1) is 11.8 Å². The highest BCUT2D eigenvalue weighted by Crippen LogP contribution is 2.26. The molecule has 0 radical (unpaired) electrons. The molecule has 1 atom stereocenters. The van der Waals surface area contributed by atoms with E-state index >= 15 is 0 Å². The first kappa shape index (κ1) is 18.6. The van der Waals surface area contributed by atoms with E-state index in [1.54, 1.807) is 13.8 Å². The van der Waals surface area contributed by atoms with Crippen LogP contribution >= 0.6 is 11.8 Å². The lowest BCUT2D eigenvalue weighted by Gasteiger charge is -2.20. The SMILES string of the molecule is CC(C)OC(=O)C(SCCCCC(F)(F)F)C(C)C. The molecule has 0 aromatic rings. The normalized spacial score (nSPS) is 13.9. The van der Waals surface area contributed by atoms with Gasteiger partial charge >= 0.3 is 12.1 Å². The molecule has 0 saturated carbocycles. The maximum atomic E-state index is 12.0. The van der Waals surface area contributed by atoms with Gasteiger partial charge in [-0.25, -0.2) is 0 Å². The van der Waals surface area contributed by atoms with Crippen molar-refractivity contribution in [2.24, 2.45) is 5.92 Å². The van der Waals surface area contributed by atoms with Gasteiger partial charge in [0, 0.05) is 6.42 Å². The molecule has 0 fully saturated rings. The fraction of sp³-hybridized carbons (Fsp3) is 0.923. The standard InChI is InChI=1S/C13H23F3O2S/c1-9(2)11(12(17)18-10(3)4)19-8-6-5-7-13(14,15)16/h9-11H,5-8H2,1-4H3. The van der Waals surface area contributed by atoms with Crippen LogP contribution in [0.2, 0.25) is 0 Å². The fourth-order valence-electron chi connectivity index (χ4n) is 1.47. The zero-order chi connectivity index (χ0) is 15.1. The van der Waals surface area contributed by atoms with Crippen molar-refractivity contribution in [3.05, 3.63) is 0 Å². The molecule has 0 spiro atoms. The Kier molecular flexibility index (Phi) is 8.54. The minimum absolute atomic E-state index is 0.110. The molecule has 0 N–H and O–H groups in total. The smallest absolute Gasteiger partial charge is 0.389 e. The lowest BCUT2D eigenvalue weighted by atomic mass is 10.1. The summed E-state index contributed by atoms with van der Waals surface area (Å²) in [6.07, 6.45) is -4.43. The average molecular weight is 300 g/mol. The van der Waals surface area contributed by atoms with Crippen LogP contribution in [0.5, 0.6) is 0 Å². The first-order chi connectivity index (χ1) is 8.63. The second-order valence-corrected chi connectivity index (χ2v) is 6.34. The van der Waals surface area contributed by atoms with Crippen LogP contribution in [0.15, 0.2) is 0 Å². The molecule has 0 aliphatic heterocycles. The Morgan fingerprint density at radius 2 is 1.74 bits per heavy atom. The van der Waals surface area contributed by atoms with Gasteiger partial charge in [-0.3, -0.25) is 4.79 Å². The third-order valence-corrected chi connectivity index (χ3v) is 3.96. The van der Waals surface area contributed by atoms with Crippen LogP contribution in [0.1, 0.15) is 47.0 Å². The van der Waals surface area contributed by atoms with Gasteiger partial charge < -0.3 is 4.74 Å². The number of thioether (sulfide) groups is 1. The molecular weight excluding hydrogens is 277 g/mol. The molecule has 0 heterocycles. The lowest BCUT2D eigenvalue weighted by molar-refractivity contribution is -0.147. The summed E-state index contributed by atoms with van der Waals surface area (Å²) < 4.78 is 41.0. The van der Waals surface area contributed by atoms with E-state index in [-0.39, 0.29) is 29.7 Å². The Labute approximate surface area is 117 Å². The van der Waals surface area contributed by atoms with Crippen molar-refractivity contribution in [3.63, 3.8) is 0 Å². The Hall–Kier alpha value is -0.390. The number of hydrogen-bond donors (Lipinski definition) is 0. The molecule has 0 aliphatic carbocycles. The third-order valence-electron chi connectivity index (χ3n) is 2.34. The van der Waals surface area contributed by atoms with Gasteiger partial charge in [-0.2, -0.15) is 13.2 Å². The first-order valence-electron chi connectivity index (χ1n) is 6.52. The number of rotatable bonds is 8. The molecule has 0 rings (SSSR count). The maximum absolute atomic E-state index is 12.0. The van der Waals surface area contributed by atoms with Crippen LogP contribution in [-0.4, -0.2) is 29.3 Å². The zero-order valence-electron chi connectivity index (χ0n) is 11.9. The number of halogens is 3. The Bertz CT molecular complexity index is 265. The molecule has 2 nitrogen and oxygen atoms in total. The second-order valence-electron chi connectivity index (χ2n) is 5.09. The van der Waals surface area contributed by atoms with Crippen molar-refractivity contribution < 1.29 is 22.7 Å². The first-order valence-corrected chi connectivity index (χ1v) is 7.57. The number of unbranched alkanes of at least 4 members (excludes halogenated alkanes) is 1. The van der Waals surface area contributed by atoms with Gasteiger partial charge in [0.1, 0.15) is 5.25 Å². The Balaban J connectivity index is 3.99. The molecule has 114 valence electrons. The van der Waals surface area contributed by atoms with E-state index in [1.807, 2.05) is 13.8 Å². The van der Waals surface area contributed by atoms with Gasteiger partial charge in [-0.05, 0) is 38.4 Å². The largest absolute Gasteiger partial charge is 0.462 e. The summed E-state index contributed by atoms with van der Waals surface area (Å²) in [5.74, 6) is 0.385. The summed E-state index contributed by atoms with van der Waals surface area (Å²) >= 11 is 1.39. The van der Waals surface area contributed by atoms with Crippen molar-refractivity contribution in [2.75, 3.05) is 5.75 Å². The summed E-state index contributed by atoms with van der Waals surface area (Å²) in [6.45, 7) is 7.39. The van der Waals surface area contributed by atoms with E-state index in [4.69, 9.17) is 4.74 Å². The third kappa shape index (κ3) is 10.1. The maximum Gasteiger partial charge on any atom is 0.389 e. The van der Waals surface area contributed by atoms with Crippen molar-refractivity contribution in [3.8, 4) is 0 Å². The van der Waals surface area contributed by atoms with E-state index in [0.29, 0.717) is 12.2 Å². The zero-order valence-corrected chi connectivity index (χ0v) is 12.7. The highest BCUT2D eigenvalue weighted by molar-refractivity contribution is 8.00. The van der Waals surface area contributed by atoms with Gasteiger partial charge in [0.15, 0.2) is 0 Å².